The maximum Gasteiger partial charge on any atom is 0.244 e. The molecule has 0 bridgehead atoms. The predicted octanol–water partition coefficient (Wildman–Crippen LogP) is 4.73. The number of benzene rings is 2. The highest BCUT2D eigenvalue weighted by atomic mass is 16.2. The molecule has 4 heteroatoms. The first-order valence-corrected chi connectivity index (χ1v) is 8.96. The Bertz CT molecular complexity index is 805. The number of carbonyl (C=O) groups excluding carboxylic acids is 2. The highest BCUT2D eigenvalue weighted by Gasteiger charge is 2.22. The van der Waals surface area contributed by atoms with E-state index in [4.69, 9.17) is 0 Å². The third-order valence-corrected chi connectivity index (χ3v) is 4.59. The number of nitrogens with zero attached hydrogens (tertiary/aromatic N) is 1. The van der Waals surface area contributed by atoms with Gasteiger partial charge in [-0.25, -0.2) is 0 Å². The fraction of sp³-hybridized carbons (Fsp3) is 0.364. The molecule has 2 rings (SSSR count). The van der Waals surface area contributed by atoms with Gasteiger partial charge in [0.25, 0.3) is 0 Å². The van der Waals surface area contributed by atoms with Gasteiger partial charge in [-0.2, -0.15) is 0 Å². The van der Waals surface area contributed by atoms with Gasteiger partial charge < -0.3 is 10.2 Å². The number of anilines is 2. The highest BCUT2D eigenvalue weighted by molar-refractivity contribution is 6.03. The quantitative estimate of drug-likeness (QED) is 0.846. The Labute approximate surface area is 156 Å². The van der Waals surface area contributed by atoms with E-state index in [0.717, 1.165) is 33.6 Å². The van der Waals surface area contributed by atoms with Gasteiger partial charge in [0.15, 0.2) is 0 Å². The third kappa shape index (κ3) is 4.31. The molecule has 4 nitrogen and oxygen atoms in total. The van der Waals surface area contributed by atoms with Gasteiger partial charge in [0.1, 0.15) is 6.54 Å². The molecule has 0 radical (unpaired) electrons. The Balaban J connectivity index is 2.33. The van der Waals surface area contributed by atoms with E-state index in [2.05, 4.69) is 19.2 Å². The van der Waals surface area contributed by atoms with Crippen LogP contribution in [-0.4, -0.2) is 18.4 Å². The van der Waals surface area contributed by atoms with Gasteiger partial charge in [-0.1, -0.05) is 50.2 Å². The summed E-state index contributed by atoms with van der Waals surface area (Å²) >= 11 is 0. The second-order valence-corrected chi connectivity index (χ2v) is 7.09. The Morgan fingerprint density at radius 1 is 0.962 bits per heavy atom. The lowest BCUT2D eigenvalue weighted by Gasteiger charge is -2.27. The summed E-state index contributed by atoms with van der Waals surface area (Å²) in [7, 11) is 0. The Kier molecular flexibility index (Phi) is 6.19. The van der Waals surface area contributed by atoms with Crippen molar-refractivity contribution in [3.05, 3.63) is 58.7 Å². The first-order valence-electron chi connectivity index (χ1n) is 8.96. The molecule has 26 heavy (non-hydrogen) atoms. The lowest BCUT2D eigenvalue weighted by atomic mass is 9.97. The zero-order chi connectivity index (χ0) is 19.4. The van der Waals surface area contributed by atoms with Crippen LogP contribution in [0.3, 0.4) is 0 Å². The molecule has 0 unspecified atom stereocenters. The first-order chi connectivity index (χ1) is 12.2. The van der Waals surface area contributed by atoms with Crippen molar-refractivity contribution in [2.75, 3.05) is 16.8 Å². The summed E-state index contributed by atoms with van der Waals surface area (Å²) in [4.78, 5) is 26.6. The third-order valence-electron chi connectivity index (χ3n) is 4.59. The summed E-state index contributed by atoms with van der Waals surface area (Å²) in [6.45, 7) is 11.6. The number of para-hydroxylation sites is 2. The Morgan fingerprint density at radius 2 is 1.50 bits per heavy atom. The van der Waals surface area contributed by atoms with Gasteiger partial charge in [-0.3, -0.25) is 9.59 Å². The van der Waals surface area contributed by atoms with E-state index in [9.17, 15) is 9.59 Å². The van der Waals surface area contributed by atoms with Crippen LogP contribution in [0.1, 0.15) is 48.9 Å². The van der Waals surface area contributed by atoms with Crippen LogP contribution in [0.15, 0.2) is 36.4 Å². The van der Waals surface area contributed by atoms with Crippen LogP contribution in [-0.2, 0) is 9.59 Å². The lowest BCUT2D eigenvalue weighted by Crippen LogP contribution is -2.38. The van der Waals surface area contributed by atoms with Crippen LogP contribution in [0.2, 0.25) is 0 Å². The zero-order valence-corrected chi connectivity index (χ0v) is 16.5. The number of hydrogen-bond donors (Lipinski definition) is 1. The summed E-state index contributed by atoms with van der Waals surface area (Å²) in [6, 6.07) is 11.9. The molecular formula is C22H28N2O2. The molecule has 2 amide bonds. The van der Waals surface area contributed by atoms with Crippen LogP contribution < -0.4 is 10.2 Å². The average Bonchev–Trinajstić information content (AvgIpc) is 2.56. The van der Waals surface area contributed by atoms with E-state index < -0.39 is 0 Å². The molecule has 0 spiro atoms. The fourth-order valence-corrected chi connectivity index (χ4v) is 3.20. The van der Waals surface area contributed by atoms with Crippen molar-refractivity contribution in [1.29, 1.82) is 0 Å². The molecule has 0 aromatic heterocycles. The molecule has 1 N–H and O–H groups in total. The second kappa shape index (κ2) is 8.17. The van der Waals surface area contributed by atoms with Gasteiger partial charge in [-0.05, 0) is 48.9 Å². The number of rotatable bonds is 5. The smallest absolute Gasteiger partial charge is 0.244 e. The summed E-state index contributed by atoms with van der Waals surface area (Å²) in [5, 5.41) is 2.97. The summed E-state index contributed by atoms with van der Waals surface area (Å²) in [5.74, 6) is -0.0816. The molecule has 0 saturated heterocycles. The Hall–Kier alpha value is -2.62. The van der Waals surface area contributed by atoms with E-state index in [0.29, 0.717) is 0 Å². The molecule has 0 aliphatic rings. The lowest BCUT2D eigenvalue weighted by molar-refractivity contribution is -0.120. The van der Waals surface area contributed by atoms with Gasteiger partial charge in [0, 0.05) is 12.6 Å². The standard InChI is InChI=1S/C22H28N2O2/c1-14(2)19-12-8-11-17(5)22(19)24(18(6)25)13-20(26)23-21-15(3)9-7-10-16(21)4/h7-12,14H,13H2,1-6H3,(H,23,26). The predicted molar refractivity (Wildman–Crippen MR) is 108 cm³/mol. The molecule has 0 aliphatic carbocycles. The number of nitrogens with one attached hydrogen (secondary N) is 1. The zero-order valence-electron chi connectivity index (χ0n) is 16.5. The van der Waals surface area contributed by atoms with E-state index in [-0.39, 0.29) is 24.3 Å². The molecule has 2 aromatic rings. The largest absolute Gasteiger partial charge is 0.324 e. The van der Waals surface area contributed by atoms with Crippen molar-refractivity contribution in [3.8, 4) is 0 Å². The summed E-state index contributed by atoms with van der Waals surface area (Å²) in [6.07, 6.45) is 0. The number of carbonyl (C=O) groups is 2. The average molecular weight is 352 g/mol. The first kappa shape index (κ1) is 19.7. The highest BCUT2D eigenvalue weighted by Crippen LogP contribution is 2.31. The van der Waals surface area contributed by atoms with E-state index in [1.165, 1.54) is 6.92 Å². The second-order valence-electron chi connectivity index (χ2n) is 7.09. The molecule has 138 valence electrons. The van der Waals surface area contributed by atoms with Crippen molar-refractivity contribution in [2.24, 2.45) is 0 Å². The van der Waals surface area contributed by atoms with E-state index in [1.807, 2.05) is 57.2 Å². The van der Waals surface area contributed by atoms with Gasteiger partial charge >= 0.3 is 0 Å². The van der Waals surface area contributed by atoms with E-state index >= 15 is 0 Å². The van der Waals surface area contributed by atoms with Crippen molar-refractivity contribution in [2.45, 2.75) is 47.5 Å². The van der Waals surface area contributed by atoms with E-state index in [1.54, 1.807) is 4.90 Å². The van der Waals surface area contributed by atoms with Crippen molar-refractivity contribution in [1.82, 2.24) is 0 Å². The van der Waals surface area contributed by atoms with Gasteiger partial charge in [0.2, 0.25) is 11.8 Å². The minimum absolute atomic E-state index is 0.00627. The molecular weight excluding hydrogens is 324 g/mol. The number of aryl methyl sites for hydroxylation is 3. The van der Waals surface area contributed by atoms with Crippen molar-refractivity contribution >= 4 is 23.2 Å². The van der Waals surface area contributed by atoms with Crippen LogP contribution in [0, 0.1) is 20.8 Å². The van der Waals surface area contributed by atoms with Crippen molar-refractivity contribution < 1.29 is 9.59 Å². The molecule has 0 aliphatic heterocycles. The fourth-order valence-electron chi connectivity index (χ4n) is 3.20. The maximum absolute atomic E-state index is 12.7. The van der Waals surface area contributed by atoms with Crippen LogP contribution >= 0.6 is 0 Å². The Morgan fingerprint density at radius 3 is 2.04 bits per heavy atom. The molecule has 0 heterocycles. The maximum atomic E-state index is 12.7. The van der Waals surface area contributed by atoms with Crippen LogP contribution in [0.25, 0.3) is 0 Å². The van der Waals surface area contributed by atoms with Crippen LogP contribution in [0.4, 0.5) is 11.4 Å². The SMILES string of the molecule is CC(=O)N(CC(=O)Nc1c(C)cccc1C)c1c(C)cccc1C(C)C. The number of hydrogen-bond acceptors (Lipinski definition) is 2. The molecule has 0 fully saturated rings. The topological polar surface area (TPSA) is 49.4 Å². The monoisotopic (exact) mass is 352 g/mol. The van der Waals surface area contributed by atoms with Crippen molar-refractivity contribution in [3.63, 3.8) is 0 Å². The molecule has 0 saturated carbocycles. The normalized spacial score (nSPS) is 10.7. The molecule has 0 atom stereocenters. The van der Waals surface area contributed by atoms with Gasteiger partial charge in [0.05, 0.1) is 5.69 Å². The summed E-state index contributed by atoms with van der Waals surface area (Å²) < 4.78 is 0. The molecule has 2 aromatic carbocycles. The number of amides is 2. The minimum Gasteiger partial charge on any atom is -0.324 e. The summed E-state index contributed by atoms with van der Waals surface area (Å²) in [5.41, 5.74) is 5.73. The minimum atomic E-state index is -0.199. The van der Waals surface area contributed by atoms with Gasteiger partial charge in [-0.15, -0.1) is 0 Å². The van der Waals surface area contributed by atoms with Crippen LogP contribution in [0.5, 0.6) is 0 Å².